The number of rotatable bonds is 5. The van der Waals surface area contributed by atoms with Gasteiger partial charge in [0.1, 0.15) is 5.75 Å². The van der Waals surface area contributed by atoms with Gasteiger partial charge in [-0.2, -0.15) is 4.68 Å². The number of Topliss-reactive ketones (excluding diaryl/α,β-unsaturated/α-hetero) is 1. The maximum Gasteiger partial charge on any atom is 0.295 e. The number of amides is 1. The van der Waals surface area contributed by atoms with Crippen LogP contribution in [0.2, 0.25) is 5.15 Å². The van der Waals surface area contributed by atoms with Crippen LogP contribution in [0.1, 0.15) is 10.4 Å². The van der Waals surface area contributed by atoms with Crippen molar-refractivity contribution < 1.29 is 14.3 Å². The van der Waals surface area contributed by atoms with Crippen molar-refractivity contribution in [3.05, 3.63) is 47.5 Å². The van der Waals surface area contributed by atoms with E-state index in [9.17, 15) is 9.59 Å². The van der Waals surface area contributed by atoms with Crippen LogP contribution in [-0.4, -0.2) is 85.0 Å². The molecule has 1 fully saturated rings. The molecule has 12 nitrogen and oxygen atoms in total. The van der Waals surface area contributed by atoms with E-state index in [0.717, 1.165) is 0 Å². The van der Waals surface area contributed by atoms with Crippen LogP contribution in [0.3, 0.4) is 0 Å². The molecule has 0 radical (unpaired) electrons. The van der Waals surface area contributed by atoms with Crippen molar-refractivity contribution in [1.29, 1.82) is 0 Å². The lowest BCUT2D eigenvalue weighted by Gasteiger charge is -2.34. The number of hydrogen-bond donors (Lipinski definition) is 1. The predicted molar refractivity (Wildman–Crippen MR) is 118 cm³/mol. The van der Waals surface area contributed by atoms with Gasteiger partial charge in [0.2, 0.25) is 0 Å². The number of nitrogens with zero attached hydrogens (tertiary/aromatic N) is 8. The molecule has 168 valence electrons. The molecule has 4 aromatic heterocycles. The summed E-state index contributed by atoms with van der Waals surface area (Å²) < 4.78 is 6.85. The van der Waals surface area contributed by atoms with Crippen molar-refractivity contribution in [2.75, 3.05) is 38.2 Å². The molecule has 1 aliphatic heterocycles. The second kappa shape index (κ2) is 8.47. The summed E-state index contributed by atoms with van der Waals surface area (Å²) in [6.07, 6.45) is 4.54. The van der Waals surface area contributed by atoms with Crippen molar-refractivity contribution >= 4 is 40.1 Å². The summed E-state index contributed by atoms with van der Waals surface area (Å²) in [7, 11) is 1.46. The molecule has 1 aliphatic rings. The zero-order valence-electron chi connectivity index (χ0n) is 17.5. The molecule has 1 N–H and O–H groups in total. The number of aromatic nitrogens is 7. The summed E-state index contributed by atoms with van der Waals surface area (Å²) in [4.78, 5) is 40.7. The number of piperazine rings is 1. The topological polar surface area (TPSA) is 135 Å². The summed E-state index contributed by atoms with van der Waals surface area (Å²) in [5.74, 6) is 0.227. The average Bonchev–Trinajstić information content (AvgIpc) is 3.53. The number of carbonyl (C=O) groups excluding carboxylic acids is 2. The SMILES string of the molecule is COc1cnc(Cl)c2[nH]cc(C(=O)C(=O)N3CCN(c4nnnn4-c4ccccn4)CC3)c12. The zero-order valence-corrected chi connectivity index (χ0v) is 18.2. The van der Waals surface area contributed by atoms with Crippen LogP contribution in [0.5, 0.6) is 5.75 Å². The number of pyridine rings is 2. The summed E-state index contributed by atoms with van der Waals surface area (Å²) in [5, 5.41) is 12.5. The fourth-order valence-corrected chi connectivity index (χ4v) is 3.99. The molecule has 33 heavy (non-hydrogen) atoms. The standard InChI is InChI=1S/C20H18ClN9O3/c1-33-13-11-24-18(21)16-15(13)12(10-23-16)17(31)19(32)28-6-8-29(9-7-28)20-25-26-27-30(20)14-4-2-3-5-22-14/h2-5,10-11,23H,6-9H2,1H3. The Kier molecular flexibility index (Phi) is 5.34. The number of tetrazole rings is 1. The Balaban J connectivity index is 1.32. The number of anilines is 1. The minimum Gasteiger partial charge on any atom is -0.494 e. The number of aromatic amines is 1. The molecule has 5 rings (SSSR count). The monoisotopic (exact) mass is 467 g/mol. The number of fused-ring (bicyclic) bond motifs is 1. The number of ketones is 1. The van der Waals surface area contributed by atoms with Gasteiger partial charge in [-0.15, -0.1) is 0 Å². The number of methoxy groups -OCH3 is 1. The van der Waals surface area contributed by atoms with Crippen molar-refractivity contribution in [1.82, 2.24) is 40.1 Å². The molecule has 0 atom stereocenters. The van der Waals surface area contributed by atoms with Crippen LogP contribution in [0, 0.1) is 0 Å². The van der Waals surface area contributed by atoms with Crippen molar-refractivity contribution in [3.8, 4) is 11.6 Å². The van der Waals surface area contributed by atoms with Crippen molar-refractivity contribution in [3.63, 3.8) is 0 Å². The third-order valence-corrected chi connectivity index (χ3v) is 5.74. The average molecular weight is 468 g/mol. The van der Waals surface area contributed by atoms with Gasteiger partial charge in [-0.05, 0) is 22.6 Å². The van der Waals surface area contributed by atoms with Crippen LogP contribution in [0.15, 0.2) is 36.8 Å². The van der Waals surface area contributed by atoms with E-state index in [2.05, 4.69) is 30.5 Å². The highest BCUT2D eigenvalue weighted by Gasteiger charge is 2.31. The molecule has 0 spiro atoms. The third kappa shape index (κ3) is 3.63. The highest BCUT2D eigenvalue weighted by Crippen LogP contribution is 2.32. The largest absolute Gasteiger partial charge is 0.494 e. The van der Waals surface area contributed by atoms with Gasteiger partial charge in [0, 0.05) is 38.6 Å². The van der Waals surface area contributed by atoms with Crippen LogP contribution in [-0.2, 0) is 4.79 Å². The van der Waals surface area contributed by atoms with Gasteiger partial charge >= 0.3 is 0 Å². The highest BCUT2D eigenvalue weighted by atomic mass is 35.5. The van der Waals surface area contributed by atoms with Gasteiger partial charge in [-0.1, -0.05) is 22.8 Å². The first kappa shape index (κ1) is 20.8. The van der Waals surface area contributed by atoms with Gasteiger partial charge in [-0.25, -0.2) is 9.97 Å². The number of halogens is 1. The first-order valence-electron chi connectivity index (χ1n) is 10.1. The zero-order chi connectivity index (χ0) is 22.9. The molecule has 13 heteroatoms. The van der Waals surface area contributed by atoms with Crippen molar-refractivity contribution in [2.24, 2.45) is 0 Å². The Morgan fingerprint density at radius 1 is 1.15 bits per heavy atom. The molecule has 4 aromatic rings. The maximum atomic E-state index is 13.1. The lowest BCUT2D eigenvalue weighted by molar-refractivity contribution is -0.126. The number of nitrogens with one attached hydrogen (secondary N) is 1. The molecule has 0 aliphatic carbocycles. The van der Waals surface area contributed by atoms with Gasteiger partial charge in [0.25, 0.3) is 17.6 Å². The molecule has 1 amide bonds. The van der Waals surface area contributed by atoms with Crippen LogP contribution < -0.4 is 9.64 Å². The van der Waals surface area contributed by atoms with Gasteiger partial charge < -0.3 is 19.5 Å². The molecule has 1 saturated heterocycles. The number of ether oxygens (including phenoxy) is 1. The molecule has 0 unspecified atom stereocenters. The van der Waals surface area contributed by atoms with E-state index in [1.165, 1.54) is 24.4 Å². The fraction of sp³-hybridized carbons (Fsp3) is 0.250. The van der Waals surface area contributed by atoms with E-state index in [1.54, 1.807) is 16.9 Å². The molecule has 5 heterocycles. The molecule has 0 bridgehead atoms. The summed E-state index contributed by atoms with van der Waals surface area (Å²) in [6.45, 7) is 1.58. The first-order valence-corrected chi connectivity index (χ1v) is 10.4. The van der Waals surface area contributed by atoms with Crippen molar-refractivity contribution in [2.45, 2.75) is 0 Å². The van der Waals surface area contributed by atoms with Gasteiger partial charge in [0.05, 0.1) is 29.8 Å². The molecule has 0 aromatic carbocycles. The van der Waals surface area contributed by atoms with E-state index in [-0.39, 0.29) is 10.7 Å². The Morgan fingerprint density at radius 2 is 1.97 bits per heavy atom. The summed E-state index contributed by atoms with van der Waals surface area (Å²) in [6, 6.07) is 5.46. The first-order chi connectivity index (χ1) is 16.1. The summed E-state index contributed by atoms with van der Waals surface area (Å²) in [5.41, 5.74) is 0.635. The number of hydrogen-bond acceptors (Lipinski definition) is 9. The quantitative estimate of drug-likeness (QED) is 0.260. The normalized spacial score (nSPS) is 14.0. The summed E-state index contributed by atoms with van der Waals surface area (Å²) >= 11 is 6.12. The minimum atomic E-state index is -0.645. The van der Waals surface area contributed by atoms with E-state index in [0.29, 0.717) is 54.6 Å². The van der Waals surface area contributed by atoms with E-state index in [1.807, 2.05) is 17.0 Å². The van der Waals surface area contributed by atoms with E-state index >= 15 is 0 Å². The van der Waals surface area contributed by atoms with Gasteiger partial charge in [0.15, 0.2) is 11.0 Å². The second-order valence-electron chi connectivity index (χ2n) is 7.26. The molecule has 0 saturated carbocycles. The van der Waals surface area contributed by atoms with Crippen LogP contribution in [0.4, 0.5) is 5.95 Å². The van der Waals surface area contributed by atoms with Crippen LogP contribution >= 0.6 is 11.6 Å². The lowest BCUT2D eigenvalue weighted by atomic mass is 10.1. The minimum absolute atomic E-state index is 0.191. The third-order valence-electron chi connectivity index (χ3n) is 5.46. The molecular formula is C20H18ClN9O3. The maximum absolute atomic E-state index is 13.1. The lowest BCUT2D eigenvalue weighted by Crippen LogP contribution is -2.51. The molecular weight excluding hydrogens is 450 g/mol. The van der Waals surface area contributed by atoms with Crippen LogP contribution in [0.25, 0.3) is 16.7 Å². The Morgan fingerprint density at radius 3 is 2.70 bits per heavy atom. The number of carbonyl (C=O) groups is 2. The highest BCUT2D eigenvalue weighted by molar-refractivity contribution is 6.45. The fourth-order valence-electron chi connectivity index (χ4n) is 3.80. The van der Waals surface area contributed by atoms with E-state index < -0.39 is 11.7 Å². The Labute approximate surface area is 192 Å². The smallest absolute Gasteiger partial charge is 0.295 e. The number of H-pyrrole nitrogens is 1. The predicted octanol–water partition coefficient (Wildman–Crippen LogP) is 1.13. The van der Waals surface area contributed by atoms with Gasteiger partial charge in [-0.3, -0.25) is 9.59 Å². The Hall–Kier alpha value is -4.06. The van der Waals surface area contributed by atoms with E-state index in [4.69, 9.17) is 16.3 Å². The Bertz CT molecular complexity index is 1330. The second-order valence-corrected chi connectivity index (χ2v) is 7.61.